The van der Waals surface area contributed by atoms with Gasteiger partial charge in [0.25, 0.3) is 10.0 Å². The quantitative estimate of drug-likeness (QED) is 0.733. The third-order valence-electron chi connectivity index (χ3n) is 2.10. The van der Waals surface area contributed by atoms with Gasteiger partial charge in [0.2, 0.25) is 9.47 Å². The molecule has 0 aromatic carbocycles. The van der Waals surface area contributed by atoms with Crippen LogP contribution in [0.25, 0.3) is 0 Å². The first-order chi connectivity index (χ1) is 7.33. The topological polar surface area (TPSA) is 101 Å². The van der Waals surface area contributed by atoms with Crippen molar-refractivity contribution in [3.8, 4) is 0 Å². The van der Waals surface area contributed by atoms with E-state index in [0.29, 0.717) is 6.54 Å². The Balaban J connectivity index is 2.67. The van der Waals surface area contributed by atoms with E-state index in [1.165, 1.54) is 0 Å². The number of likely N-dealkylation sites (N-methyl/N-ethyl adjacent to an activating group) is 1. The van der Waals surface area contributed by atoms with Crippen LogP contribution in [0.4, 0.5) is 5.13 Å². The van der Waals surface area contributed by atoms with Crippen molar-refractivity contribution >= 4 is 26.5 Å². The molecule has 3 N–H and O–H groups in total. The van der Waals surface area contributed by atoms with Crippen molar-refractivity contribution < 1.29 is 8.42 Å². The molecule has 92 valence electrons. The number of rotatable bonds is 5. The maximum absolute atomic E-state index is 11.7. The highest BCUT2D eigenvalue weighted by atomic mass is 32.2. The average Bonchev–Trinajstić information content (AvgIpc) is 2.61. The lowest BCUT2D eigenvalue weighted by molar-refractivity contribution is 0.314. The Kier molecular flexibility index (Phi) is 4.19. The van der Waals surface area contributed by atoms with Crippen LogP contribution in [0.5, 0.6) is 0 Å². The van der Waals surface area contributed by atoms with Crippen LogP contribution < -0.4 is 10.5 Å². The number of sulfonamides is 1. The number of hydrogen-bond acceptors (Lipinski definition) is 7. The van der Waals surface area contributed by atoms with Gasteiger partial charge in [-0.05, 0) is 21.0 Å². The second-order valence-electron chi connectivity index (χ2n) is 3.57. The van der Waals surface area contributed by atoms with Crippen molar-refractivity contribution in [1.29, 1.82) is 0 Å². The summed E-state index contributed by atoms with van der Waals surface area (Å²) in [7, 11) is 0.174. The molecule has 0 aliphatic rings. The van der Waals surface area contributed by atoms with E-state index in [1.54, 1.807) is 0 Å². The zero-order valence-corrected chi connectivity index (χ0v) is 11.0. The first kappa shape index (κ1) is 13.3. The van der Waals surface area contributed by atoms with Crippen LogP contribution in [0.3, 0.4) is 0 Å². The van der Waals surface area contributed by atoms with Crippen LogP contribution in [0.1, 0.15) is 6.92 Å². The molecule has 1 atom stereocenters. The van der Waals surface area contributed by atoms with Crippen LogP contribution in [0, 0.1) is 0 Å². The Bertz CT molecular complexity index is 441. The van der Waals surface area contributed by atoms with Crippen molar-refractivity contribution in [3.05, 3.63) is 0 Å². The van der Waals surface area contributed by atoms with Crippen molar-refractivity contribution in [1.82, 2.24) is 19.8 Å². The highest BCUT2D eigenvalue weighted by molar-refractivity contribution is 7.91. The molecule has 1 heterocycles. The van der Waals surface area contributed by atoms with Crippen LogP contribution in [-0.2, 0) is 10.0 Å². The van der Waals surface area contributed by atoms with Gasteiger partial charge >= 0.3 is 0 Å². The van der Waals surface area contributed by atoms with E-state index in [9.17, 15) is 8.42 Å². The highest BCUT2D eigenvalue weighted by Crippen LogP contribution is 2.16. The van der Waals surface area contributed by atoms with Crippen LogP contribution >= 0.6 is 11.3 Å². The lowest BCUT2D eigenvalue weighted by Gasteiger charge is -2.19. The minimum atomic E-state index is -3.58. The fraction of sp³-hybridized carbons (Fsp3) is 0.714. The summed E-state index contributed by atoms with van der Waals surface area (Å²) in [6.45, 7) is 2.23. The molecular weight excluding hydrogens is 250 g/mol. The summed E-state index contributed by atoms with van der Waals surface area (Å²) in [6, 6.07) is 0.0973. The molecule has 0 saturated carbocycles. The molecule has 0 saturated heterocycles. The van der Waals surface area contributed by atoms with Crippen LogP contribution in [0.15, 0.2) is 4.34 Å². The summed E-state index contributed by atoms with van der Waals surface area (Å²) in [5.41, 5.74) is 5.32. The monoisotopic (exact) mass is 265 g/mol. The third-order valence-corrected chi connectivity index (χ3v) is 4.65. The number of nitrogens with two attached hydrogens (primary N) is 1. The molecular formula is C7H15N5O2S2. The number of nitrogens with zero attached hydrogens (tertiary/aromatic N) is 3. The molecule has 1 aromatic heterocycles. The molecule has 0 bridgehead atoms. The Morgan fingerprint density at radius 2 is 2.12 bits per heavy atom. The van der Waals surface area contributed by atoms with Gasteiger partial charge in [0.05, 0.1) is 0 Å². The summed E-state index contributed by atoms with van der Waals surface area (Å²) in [5.74, 6) is 0. The molecule has 1 unspecified atom stereocenters. The van der Waals surface area contributed by atoms with Gasteiger partial charge < -0.3 is 10.6 Å². The summed E-state index contributed by atoms with van der Waals surface area (Å²) in [5, 5.41) is 7.09. The SMILES string of the molecule is CC(CNS(=O)(=O)c1nnc(N)s1)N(C)C. The summed E-state index contributed by atoms with van der Waals surface area (Å²) in [4.78, 5) is 1.91. The van der Waals surface area contributed by atoms with E-state index in [0.717, 1.165) is 11.3 Å². The van der Waals surface area contributed by atoms with Crippen molar-refractivity contribution in [2.24, 2.45) is 0 Å². The zero-order valence-electron chi connectivity index (χ0n) is 9.34. The number of hydrogen-bond donors (Lipinski definition) is 2. The fourth-order valence-corrected chi connectivity index (χ4v) is 2.75. The van der Waals surface area contributed by atoms with Gasteiger partial charge in [-0.3, -0.25) is 0 Å². The number of nitrogens with one attached hydrogen (secondary N) is 1. The predicted octanol–water partition coefficient (Wildman–Crippen LogP) is -0.651. The second kappa shape index (κ2) is 5.04. The molecule has 0 aliphatic carbocycles. The van der Waals surface area contributed by atoms with E-state index in [1.807, 2.05) is 25.9 Å². The molecule has 0 aliphatic heterocycles. The van der Waals surface area contributed by atoms with Gasteiger partial charge in [0.15, 0.2) is 0 Å². The minimum absolute atomic E-state index is 0.0973. The van der Waals surface area contributed by atoms with E-state index < -0.39 is 10.0 Å². The van der Waals surface area contributed by atoms with E-state index in [2.05, 4.69) is 14.9 Å². The predicted molar refractivity (Wildman–Crippen MR) is 62.7 cm³/mol. The lowest BCUT2D eigenvalue weighted by Crippen LogP contribution is -2.38. The molecule has 0 amide bonds. The van der Waals surface area contributed by atoms with Gasteiger partial charge in [-0.15, -0.1) is 10.2 Å². The van der Waals surface area contributed by atoms with Crippen LogP contribution in [-0.4, -0.2) is 50.2 Å². The maximum atomic E-state index is 11.7. The van der Waals surface area contributed by atoms with E-state index in [4.69, 9.17) is 5.73 Å². The minimum Gasteiger partial charge on any atom is -0.374 e. The smallest absolute Gasteiger partial charge is 0.269 e. The maximum Gasteiger partial charge on any atom is 0.269 e. The Hall–Kier alpha value is -0.770. The van der Waals surface area contributed by atoms with Gasteiger partial charge in [-0.25, -0.2) is 13.1 Å². The highest BCUT2D eigenvalue weighted by Gasteiger charge is 2.20. The molecule has 7 nitrogen and oxygen atoms in total. The molecule has 1 rings (SSSR count). The Labute approximate surface area is 98.7 Å². The summed E-state index contributed by atoms with van der Waals surface area (Å²) < 4.78 is 25.7. The van der Waals surface area contributed by atoms with Gasteiger partial charge in [-0.1, -0.05) is 11.3 Å². The first-order valence-corrected chi connectivity index (χ1v) is 6.88. The largest absolute Gasteiger partial charge is 0.374 e. The molecule has 1 aromatic rings. The average molecular weight is 265 g/mol. The zero-order chi connectivity index (χ0) is 12.3. The lowest BCUT2D eigenvalue weighted by atomic mass is 10.3. The van der Waals surface area contributed by atoms with Gasteiger partial charge in [0.1, 0.15) is 0 Å². The summed E-state index contributed by atoms with van der Waals surface area (Å²) in [6.07, 6.45) is 0. The van der Waals surface area contributed by atoms with E-state index >= 15 is 0 Å². The molecule has 0 radical (unpaired) electrons. The third kappa shape index (κ3) is 3.37. The molecule has 9 heteroatoms. The van der Waals surface area contributed by atoms with Gasteiger partial charge in [-0.2, -0.15) is 0 Å². The number of aromatic nitrogens is 2. The van der Waals surface area contributed by atoms with E-state index in [-0.39, 0.29) is 15.5 Å². The van der Waals surface area contributed by atoms with Crippen molar-refractivity contribution in [2.45, 2.75) is 17.3 Å². The fourth-order valence-electron chi connectivity index (χ4n) is 0.804. The number of nitrogen functional groups attached to an aromatic ring is 1. The molecule has 0 spiro atoms. The normalized spacial score (nSPS) is 14.2. The standard InChI is InChI=1S/C7H15N5O2S2/c1-5(12(2)3)4-9-16(13,14)7-11-10-6(8)15-7/h5,9H,4H2,1-3H3,(H2,8,10). The van der Waals surface area contributed by atoms with Crippen molar-refractivity contribution in [2.75, 3.05) is 26.4 Å². The number of anilines is 1. The first-order valence-electron chi connectivity index (χ1n) is 4.58. The van der Waals surface area contributed by atoms with Gasteiger partial charge in [0, 0.05) is 12.6 Å². The Morgan fingerprint density at radius 1 is 1.50 bits per heavy atom. The Morgan fingerprint density at radius 3 is 2.56 bits per heavy atom. The molecule has 16 heavy (non-hydrogen) atoms. The molecule has 0 fully saturated rings. The van der Waals surface area contributed by atoms with Crippen molar-refractivity contribution in [3.63, 3.8) is 0 Å². The van der Waals surface area contributed by atoms with Crippen LogP contribution in [0.2, 0.25) is 0 Å². The second-order valence-corrected chi connectivity index (χ2v) is 6.52. The summed E-state index contributed by atoms with van der Waals surface area (Å²) >= 11 is 0.846.